The zero-order chi connectivity index (χ0) is 5.11. The quantitative estimate of drug-likeness (QED) is 0.379. The van der Waals surface area contributed by atoms with Crippen LogP contribution in [0.1, 0.15) is 25.7 Å². The van der Waals surface area contributed by atoms with Gasteiger partial charge in [0.1, 0.15) is 0 Å². The summed E-state index contributed by atoms with van der Waals surface area (Å²) in [6, 6.07) is 0. The van der Waals surface area contributed by atoms with Crippen LogP contribution in [0.5, 0.6) is 0 Å². The van der Waals surface area contributed by atoms with Gasteiger partial charge in [-0.2, -0.15) is 11.1 Å². The molecule has 1 aliphatic rings. The van der Waals surface area contributed by atoms with Crippen molar-refractivity contribution in [2.75, 3.05) is 0 Å². The molecule has 2 radical (unpaired) electrons. The zero-order valence-electron chi connectivity index (χ0n) is 4.28. The van der Waals surface area contributed by atoms with Crippen LogP contribution in [0.3, 0.4) is 0 Å². The lowest BCUT2D eigenvalue weighted by Crippen LogP contribution is -1.87. The second-order valence-corrected chi connectivity index (χ2v) is 3.78. The Kier molecular flexibility index (Phi) is 2.20. The highest BCUT2D eigenvalue weighted by Gasteiger charge is 2.13. The summed E-state index contributed by atoms with van der Waals surface area (Å²) in [5.74, 6) is 0. The molecule has 1 rings (SSSR count). The van der Waals surface area contributed by atoms with Crippen LogP contribution in [-0.2, 0) is 0 Å². The first kappa shape index (κ1) is 5.64. The first-order valence-electron chi connectivity index (χ1n) is 2.79. The summed E-state index contributed by atoms with van der Waals surface area (Å²) in [5, 5.41) is 0. The number of halogens is 1. The zero-order valence-corrected chi connectivity index (χ0v) is 6.04. The van der Waals surface area contributed by atoms with E-state index in [1.807, 2.05) is 0 Å². The summed E-state index contributed by atoms with van der Waals surface area (Å²) >= 11 is 5.64. The molecule has 40 valence electrons. The van der Waals surface area contributed by atoms with Crippen molar-refractivity contribution in [3.8, 4) is 0 Å². The molecule has 2 heteroatoms. The summed E-state index contributed by atoms with van der Waals surface area (Å²) in [4.78, 5) is 0. The summed E-state index contributed by atoms with van der Waals surface area (Å²) in [7, 11) is 0.684. The minimum Gasteiger partial charge on any atom is -0.171 e. The van der Waals surface area contributed by atoms with Gasteiger partial charge in [0.15, 0.2) is 8.83 Å². The van der Waals surface area contributed by atoms with E-state index in [0.29, 0.717) is 8.83 Å². The molecule has 0 nitrogen and oxygen atoms in total. The Morgan fingerprint density at radius 3 is 2.14 bits per heavy atom. The van der Waals surface area contributed by atoms with Gasteiger partial charge in [0.2, 0.25) is 0 Å². The maximum atomic E-state index is 5.64. The van der Waals surface area contributed by atoms with Gasteiger partial charge in [-0.3, -0.25) is 0 Å². The van der Waals surface area contributed by atoms with E-state index in [4.69, 9.17) is 11.1 Å². The fourth-order valence-corrected chi connectivity index (χ4v) is 2.32. The molecule has 7 heavy (non-hydrogen) atoms. The molecule has 0 saturated heterocycles. The minimum absolute atomic E-state index is 0.684. The molecule has 0 amide bonds. The Hall–Kier alpha value is 0.507. The fourth-order valence-electron chi connectivity index (χ4n) is 1.03. The number of rotatable bonds is 1. The molecule has 0 aromatic rings. The van der Waals surface area contributed by atoms with E-state index < -0.39 is 0 Å². The molecule has 0 aliphatic heterocycles. The van der Waals surface area contributed by atoms with Crippen LogP contribution >= 0.6 is 11.1 Å². The predicted molar refractivity (Wildman–Crippen MR) is 33.8 cm³/mol. The average Bonchev–Trinajstić information content (AvgIpc) is 2.14. The van der Waals surface area contributed by atoms with Gasteiger partial charge in [-0.05, 0) is 5.54 Å². The van der Waals surface area contributed by atoms with Gasteiger partial charge in [0, 0.05) is 0 Å². The standard InChI is InChI=1S/C5H9ClSi/c6-7-5-3-1-2-4-5/h5H,1-4H2. The SMILES string of the molecule is Cl[Si]C1CCCC1. The van der Waals surface area contributed by atoms with Crippen LogP contribution in [0, 0.1) is 0 Å². The van der Waals surface area contributed by atoms with E-state index in [1.54, 1.807) is 0 Å². The van der Waals surface area contributed by atoms with Crippen LogP contribution in [0.15, 0.2) is 0 Å². The molecule has 0 unspecified atom stereocenters. The highest BCUT2D eigenvalue weighted by molar-refractivity contribution is 6.94. The van der Waals surface area contributed by atoms with Gasteiger partial charge in [0.05, 0.1) is 0 Å². The van der Waals surface area contributed by atoms with Crippen molar-refractivity contribution in [1.82, 2.24) is 0 Å². The summed E-state index contributed by atoms with van der Waals surface area (Å²) in [6.45, 7) is 0. The Balaban J connectivity index is 2.14. The van der Waals surface area contributed by atoms with Gasteiger partial charge in [-0.15, -0.1) is 0 Å². The van der Waals surface area contributed by atoms with Crippen LogP contribution in [0.4, 0.5) is 0 Å². The molecular weight excluding hydrogens is 124 g/mol. The van der Waals surface area contributed by atoms with Crippen molar-refractivity contribution in [3.63, 3.8) is 0 Å². The average molecular weight is 133 g/mol. The largest absolute Gasteiger partial charge is 0.175 e. The summed E-state index contributed by atoms with van der Waals surface area (Å²) < 4.78 is 0. The number of hydrogen-bond acceptors (Lipinski definition) is 0. The molecule has 1 aliphatic carbocycles. The maximum absolute atomic E-state index is 5.64. The highest BCUT2D eigenvalue weighted by atomic mass is 35.6. The molecule has 0 bridgehead atoms. The molecule has 0 N–H and O–H groups in total. The normalized spacial score (nSPS) is 23.6. The van der Waals surface area contributed by atoms with Gasteiger partial charge in [0.25, 0.3) is 0 Å². The summed E-state index contributed by atoms with van der Waals surface area (Å²) in [5.41, 5.74) is 0.890. The van der Waals surface area contributed by atoms with Crippen LogP contribution in [-0.4, -0.2) is 8.83 Å². The van der Waals surface area contributed by atoms with E-state index >= 15 is 0 Å². The molecule has 0 aromatic carbocycles. The van der Waals surface area contributed by atoms with E-state index in [0.717, 1.165) is 5.54 Å². The van der Waals surface area contributed by atoms with E-state index in [2.05, 4.69) is 0 Å². The van der Waals surface area contributed by atoms with E-state index in [-0.39, 0.29) is 0 Å². The lowest BCUT2D eigenvalue weighted by atomic mass is 10.4. The van der Waals surface area contributed by atoms with Crippen molar-refractivity contribution >= 4 is 19.9 Å². The topological polar surface area (TPSA) is 0 Å². The summed E-state index contributed by atoms with van der Waals surface area (Å²) in [6.07, 6.45) is 5.62. The first-order valence-corrected chi connectivity index (χ1v) is 4.88. The smallest absolute Gasteiger partial charge is 0.171 e. The van der Waals surface area contributed by atoms with Crippen LogP contribution in [0.2, 0.25) is 5.54 Å². The number of hydrogen-bond donors (Lipinski definition) is 0. The van der Waals surface area contributed by atoms with Gasteiger partial charge in [-0.1, -0.05) is 25.7 Å². The van der Waals surface area contributed by atoms with Gasteiger partial charge >= 0.3 is 0 Å². The molecule has 0 spiro atoms. The van der Waals surface area contributed by atoms with Crippen molar-refractivity contribution in [2.45, 2.75) is 31.2 Å². The monoisotopic (exact) mass is 132 g/mol. The van der Waals surface area contributed by atoms with Crippen molar-refractivity contribution < 1.29 is 0 Å². The van der Waals surface area contributed by atoms with Crippen LogP contribution in [0.25, 0.3) is 0 Å². The van der Waals surface area contributed by atoms with Crippen LogP contribution < -0.4 is 0 Å². The fraction of sp³-hybridized carbons (Fsp3) is 1.00. The van der Waals surface area contributed by atoms with Gasteiger partial charge in [-0.25, -0.2) is 0 Å². The van der Waals surface area contributed by atoms with E-state index in [1.165, 1.54) is 25.7 Å². The third kappa shape index (κ3) is 1.46. The minimum atomic E-state index is 0.684. The Bertz CT molecular complexity index is 50.0. The first-order chi connectivity index (χ1) is 3.43. The third-order valence-electron chi connectivity index (χ3n) is 1.51. The molecule has 1 fully saturated rings. The molecular formula is C5H9ClSi. The lowest BCUT2D eigenvalue weighted by Gasteiger charge is -1.95. The molecule has 0 heterocycles. The Labute approximate surface area is 51.8 Å². The molecule has 0 aromatic heterocycles. The Morgan fingerprint density at radius 2 is 1.86 bits per heavy atom. The second-order valence-electron chi connectivity index (χ2n) is 2.09. The van der Waals surface area contributed by atoms with Crippen molar-refractivity contribution in [1.29, 1.82) is 0 Å². The molecule has 0 atom stereocenters. The highest BCUT2D eigenvalue weighted by Crippen LogP contribution is 2.29. The van der Waals surface area contributed by atoms with Crippen molar-refractivity contribution in [2.24, 2.45) is 0 Å². The molecule has 1 saturated carbocycles. The second kappa shape index (κ2) is 2.73. The Morgan fingerprint density at radius 1 is 1.29 bits per heavy atom. The predicted octanol–water partition coefficient (Wildman–Crippen LogP) is 2.21. The third-order valence-corrected chi connectivity index (χ3v) is 3.32. The van der Waals surface area contributed by atoms with Gasteiger partial charge < -0.3 is 0 Å². The van der Waals surface area contributed by atoms with Crippen molar-refractivity contribution in [3.05, 3.63) is 0 Å². The maximum Gasteiger partial charge on any atom is 0.175 e. The lowest BCUT2D eigenvalue weighted by molar-refractivity contribution is 0.876. The van der Waals surface area contributed by atoms with E-state index in [9.17, 15) is 0 Å².